The van der Waals surface area contributed by atoms with Gasteiger partial charge in [-0.2, -0.15) is 13.5 Å². The van der Waals surface area contributed by atoms with Crippen LogP contribution in [0.3, 0.4) is 0 Å². The highest BCUT2D eigenvalue weighted by Crippen LogP contribution is 2.44. The monoisotopic (exact) mass is 410 g/mol. The number of carbonyl (C=O) groups is 2. The van der Waals surface area contributed by atoms with E-state index in [1.165, 1.54) is 0 Å². The molecule has 6 nitrogen and oxygen atoms in total. The highest BCUT2D eigenvalue weighted by atomic mass is 32.1. The minimum Gasteiger partial charge on any atom is -0.480 e. The number of alkyl carbamates (subject to hydrolysis) is 1. The molecule has 1 aliphatic heterocycles. The van der Waals surface area contributed by atoms with Gasteiger partial charge in [0.15, 0.2) is 0 Å². The molecule has 0 saturated carbocycles. The quantitative estimate of drug-likeness (QED) is 0.757. The van der Waals surface area contributed by atoms with E-state index in [1.807, 2.05) is 36.4 Å². The molecule has 2 N–H and O–H groups in total. The highest BCUT2D eigenvalue weighted by molar-refractivity contribution is 7.59. The second kappa shape index (κ2) is 8.96. The SMILES string of the molecule is O=C(N[C@@H](CC1=CN=CC1)C(=O)O)OCC1c2ccccc2-c2ccccc21.S. The first-order valence-corrected chi connectivity index (χ1v) is 9.17. The average Bonchev–Trinajstić information content (AvgIpc) is 3.32. The Kier molecular flexibility index (Phi) is 6.39. The van der Waals surface area contributed by atoms with E-state index in [9.17, 15) is 14.7 Å². The third-order valence-electron chi connectivity index (χ3n) is 5.12. The zero-order chi connectivity index (χ0) is 19.5. The van der Waals surface area contributed by atoms with Crippen LogP contribution in [0.4, 0.5) is 4.79 Å². The van der Waals surface area contributed by atoms with Crippen molar-refractivity contribution in [3.63, 3.8) is 0 Å². The summed E-state index contributed by atoms with van der Waals surface area (Å²) in [5.74, 6) is -1.16. The van der Waals surface area contributed by atoms with Crippen molar-refractivity contribution in [2.75, 3.05) is 6.61 Å². The number of nitrogens with one attached hydrogen (secondary N) is 1. The van der Waals surface area contributed by atoms with Gasteiger partial charge in [0.2, 0.25) is 0 Å². The lowest BCUT2D eigenvalue weighted by atomic mass is 9.98. The van der Waals surface area contributed by atoms with E-state index in [4.69, 9.17) is 4.74 Å². The number of carboxylic acid groups (broad SMARTS) is 1. The highest BCUT2D eigenvalue weighted by Gasteiger charge is 2.30. The lowest BCUT2D eigenvalue weighted by Crippen LogP contribution is -2.41. The van der Waals surface area contributed by atoms with E-state index >= 15 is 0 Å². The summed E-state index contributed by atoms with van der Waals surface area (Å²) < 4.78 is 5.42. The number of carbonyl (C=O) groups excluding carboxylic acids is 1. The molecular formula is C22H22N2O4S. The Bertz CT molecular complexity index is 941. The van der Waals surface area contributed by atoms with Crippen LogP contribution in [0.2, 0.25) is 0 Å². The van der Waals surface area contributed by atoms with E-state index in [2.05, 4.69) is 22.4 Å². The van der Waals surface area contributed by atoms with Crippen LogP contribution in [0.1, 0.15) is 29.9 Å². The Morgan fingerprint density at radius 2 is 1.72 bits per heavy atom. The Balaban J connectivity index is 0.00000240. The van der Waals surface area contributed by atoms with Crippen molar-refractivity contribution in [3.05, 3.63) is 71.4 Å². The summed E-state index contributed by atoms with van der Waals surface area (Å²) in [7, 11) is 0. The summed E-state index contributed by atoms with van der Waals surface area (Å²) in [6.07, 6.45) is 3.43. The summed E-state index contributed by atoms with van der Waals surface area (Å²) in [6.45, 7) is 0.151. The molecule has 150 valence electrons. The maximum atomic E-state index is 12.3. The molecule has 29 heavy (non-hydrogen) atoms. The number of nitrogens with zero attached hydrogens (tertiary/aromatic N) is 1. The average molecular weight is 410 g/mol. The maximum absolute atomic E-state index is 12.3. The number of fused-ring (bicyclic) bond motifs is 3. The van der Waals surface area contributed by atoms with Crippen LogP contribution >= 0.6 is 13.5 Å². The Morgan fingerprint density at radius 1 is 1.10 bits per heavy atom. The molecule has 0 aromatic heterocycles. The molecule has 7 heteroatoms. The lowest BCUT2D eigenvalue weighted by Gasteiger charge is -2.17. The van der Waals surface area contributed by atoms with Crippen molar-refractivity contribution in [2.24, 2.45) is 4.99 Å². The maximum Gasteiger partial charge on any atom is 0.407 e. The Morgan fingerprint density at radius 3 is 2.28 bits per heavy atom. The minimum absolute atomic E-state index is 0. The number of aliphatic imine (C=N–C) groups is 1. The van der Waals surface area contributed by atoms with Gasteiger partial charge in [-0.05, 0) is 27.8 Å². The van der Waals surface area contributed by atoms with E-state index in [1.54, 1.807) is 12.4 Å². The summed E-state index contributed by atoms with van der Waals surface area (Å²) >= 11 is 0. The van der Waals surface area contributed by atoms with Crippen LogP contribution in [0.15, 0.2) is 65.3 Å². The molecule has 0 unspecified atom stereocenters. The topological polar surface area (TPSA) is 88.0 Å². The second-order valence-corrected chi connectivity index (χ2v) is 6.89. The fourth-order valence-corrected chi connectivity index (χ4v) is 3.76. The van der Waals surface area contributed by atoms with Crippen molar-refractivity contribution < 1.29 is 19.4 Å². The number of hydrogen-bond acceptors (Lipinski definition) is 4. The molecule has 1 amide bonds. The van der Waals surface area contributed by atoms with Crippen LogP contribution in [0.25, 0.3) is 11.1 Å². The van der Waals surface area contributed by atoms with E-state index < -0.39 is 18.1 Å². The largest absolute Gasteiger partial charge is 0.480 e. The lowest BCUT2D eigenvalue weighted by molar-refractivity contribution is -0.139. The fourth-order valence-electron chi connectivity index (χ4n) is 3.76. The third-order valence-corrected chi connectivity index (χ3v) is 5.12. The van der Waals surface area contributed by atoms with Gasteiger partial charge in [-0.3, -0.25) is 4.99 Å². The predicted molar refractivity (Wildman–Crippen MR) is 116 cm³/mol. The van der Waals surface area contributed by atoms with Crippen molar-refractivity contribution in [2.45, 2.75) is 24.8 Å². The molecule has 1 atom stereocenters. The number of ether oxygens (including phenoxy) is 1. The standard InChI is InChI=1S/C22H20N2O4.H2S/c25-21(26)20(11-14-9-10-23-12-14)24-22(27)28-13-19-17-7-3-1-5-15(17)16-6-2-4-8-18(16)19;/h1-8,10,12,19-20H,9,11,13H2,(H,24,27)(H,25,26);1H2/t20-;/m0./s1. The molecule has 0 bridgehead atoms. The molecule has 1 heterocycles. The Hall–Kier alpha value is -3.06. The van der Waals surface area contributed by atoms with Gasteiger partial charge in [-0.15, -0.1) is 0 Å². The number of benzene rings is 2. The summed E-state index contributed by atoms with van der Waals surface area (Å²) in [6, 6.07) is 15.1. The van der Waals surface area contributed by atoms with Crippen LogP contribution < -0.4 is 5.32 Å². The number of amides is 1. The molecule has 1 aliphatic carbocycles. The van der Waals surface area contributed by atoms with E-state index in [-0.39, 0.29) is 32.4 Å². The van der Waals surface area contributed by atoms with E-state index in [0.29, 0.717) is 6.42 Å². The number of rotatable bonds is 6. The first-order valence-electron chi connectivity index (χ1n) is 9.17. The summed E-state index contributed by atoms with van der Waals surface area (Å²) in [5.41, 5.74) is 5.37. The normalized spacial score (nSPS) is 15.0. The Labute approximate surface area is 175 Å². The number of aliphatic carboxylic acids is 1. The van der Waals surface area contributed by atoms with Crippen molar-refractivity contribution in [3.8, 4) is 11.1 Å². The molecule has 2 aromatic carbocycles. The van der Waals surface area contributed by atoms with Crippen LogP contribution in [-0.4, -0.2) is 36.0 Å². The van der Waals surface area contributed by atoms with Gasteiger partial charge in [0, 0.05) is 31.2 Å². The van der Waals surface area contributed by atoms with Gasteiger partial charge in [0.05, 0.1) is 0 Å². The van der Waals surface area contributed by atoms with E-state index in [0.717, 1.165) is 27.8 Å². The second-order valence-electron chi connectivity index (χ2n) is 6.89. The van der Waals surface area contributed by atoms with Crippen molar-refractivity contribution >= 4 is 31.8 Å². The zero-order valence-electron chi connectivity index (χ0n) is 15.7. The molecule has 0 saturated heterocycles. The summed E-state index contributed by atoms with van der Waals surface area (Å²) in [5, 5.41) is 11.8. The molecule has 0 radical (unpaired) electrons. The van der Waals surface area contributed by atoms with Gasteiger partial charge in [0.1, 0.15) is 12.6 Å². The van der Waals surface area contributed by atoms with Gasteiger partial charge in [-0.25, -0.2) is 9.59 Å². The smallest absolute Gasteiger partial charge is 0.407 e. The van der Waals surface area contributed by atoms with Crippen LogP contribution in [0, 0.1) is 0 Å². The fraction of sp³-hybridized carbons (Fsp3) is 0.227. The van der Waals surface area contributed by atoms with Gasteiger partial charge < -0.3 is 15.2 Å². The zero-order valence-corrected chi connectivity index (χ0v) is 16.7. The number of hydrogen-bond donors (Lipinski definition) is 2. The third kappa shape index (κ3) is 4.35. The molecule has 4 rings (SSSR count). The van der Waals surface area contributed by atoms with Crippen molar-refractivity contribution in [1.82, 2.24) is 5.32 Å². The molecule has 0 spiro atoms. The van der Waals surface area contributed by atoms with Crippen molar-refractivity contribution in [1.29, 1.82) is 0 Å². The number of carboxylic acids is 1. The van der Waals surface area contributed by atoms with Crippen LogP contribution in [0.5, 0.6) is 0 Å². The first-order chi connectivity index (χ1) is 13.6. The first kappa shape index (κ1) is 20.7. The molecule has 0 fully saturated rings. The minimum atomic E-state index is -1.10. The van der Waals surface area contributed by atoms with Gasteiger partial charge in [0.25, 0.3) is 0 Å². The van der Waals surface area contributed by atoms with Gasteiger partial charge in [-0.1, -0.05) is 48.5 Å². The molecule has 2 aliphatic rings. The molecule has 2 aromatic rings. The van der Waals surface area contributed by atoms with Crippen LogP contribution in [-0.2, 0) is 9.53 Å². The molecular weight excluding hydrogens is 388 g/mol. The summed E-state index contributed by atoms with van der Waals surface area (Å²) in [4.78, 5) is 27.7. The predicted octanol–water partition coefficient (Wildman–Crippen LogP) is 3.84. The van der Waals surface area contributed by atoms with Gasteiger partial charge >= 0.3 is 12.1 Å².